The van der Waals surface area contributed by atoms with Gasteiger partial charge in [0.25, 0.3) is 0 Å². The van der Waals surface area contributed by atoms with Gasteiger partial charge in [0.2, 0.25) is 0 Å². The summed E-state index contributed by atoms with van der Waals surface area (Å²) in [4.78, 5) is 4.35. The monoisotopic (exact) mass is 342 g/mol. The van der Waals surface area contributed by atoms with E-state index < -0.39 is 9.84 Å². The van der Waals surface area contributed by atoms with Gasteiger partial charge in [-0.2, -0.15) is 0 Å². The first-order valence-corrected chi connectivity index (χ1v) is 9.58. The predicted octanol–water partition coefficient (Wildman–Crippen LogP) is 2.38. The maximum absolute atomic E-state index is 11.6. The summed E-state index contributed by atoms with van der Waals surface area (Å²) in [6.45, 7) is 1.01. The van der Waals surface area contributed by atoms with Gasteiger partial charge in [-0.1, -0.05) is 17.9 Å². The molecule has 5 nitrogen and oxygen atoms in total. The molecule has 0 spiro atoms. The Morgan fingerprint density at radius 2 is 2.12 bits per heavy atom. The molecule has 124 valence electrons. The number of sulfone groups is 1. The normalized spacial score (nSPS) is 17.1. The molecule has 24 heavy (non-hydrogen) atoms. The molecule has 0 aliphatic carbocycles. The van der Waals surface area contributed by atoms with Crippen LogP contribution in [-0.4, -0.2) is 32.2 Å². The Morgan fingerprint density at radius 1 is 1.25 bits per heavy atom. The van der Waals surface area contributed by atoms with Gasteiger partial charge in [-0.05, 0) is 43.7 Å². The van der Waals surface area contributed by atoms with E-state index in [1.54, 1.807) is 30.6 Å². The van der Waals surface area contributed by atoms with Crippen molar-refractivity contribution in [3.05, 3.63) is 48.3 Å². The van der Waals surface area contributed by atoms with E-state index in [2.05, 4.69) is 22.1 Å². The van der Waals surface area contributed by atoms with Crippen LogP contribution < -0.4 is 10.1 Å². The van der Waals surface area contributed by atoms with Gasteiger partial charge in [0.1, 0.15) is 11.5 Å². The zero-order valence-corrected chi connectivity index (χ0v) is 14.1. The molecule has 1 aliphatic rings. The van der Waals surface area contributed by atoms with E-state index in [1.165, 1.54) is 18.4 Å². The van der Waals surface area contributed by atoms with Gasteiger partial charge in [0.15, 0.2) is 9.84 Å². The SMILES string of the molecule is CS(=O)(=O)c1cccc(Oc2cncc(C#C[C@@H]3CCCN3)c2)c1. The highest BCUT2D eigenvalue weighted by Gasteiger charge is 2.10. The molecule has 6 heteroatoms. The number of hydrogen-bond acceptors (Lipinski definition) is 5. The number of ether oxygens (including phenoxy) is 1. The maximum atomic E-state index is 11.6. The molecule has 0 amide bonds. The lowest BCUT2D eigenvalue weighted by Gasteiger charge is -2.07. The molecule has 0 unspecified atom stereocenters. The summed E-state index contributed by atoms with van der Waals surface area (Å²) in [6, 6.07) is 8.42. The quantitative estimate of drug-likeness (QED) is 0.868. The van der Waals surface area contributed by atoms with Gasteiger partial charge in [0.05, 0.1) is 17.1 Å². The molecular formula is C18H18N2O3S. The highest BCUT2D eigenvalue weighted by molar-refractivity contribution is 7.90. The first-order chi connectivity index (χ1) is 11.5. The van der Waals surface area contributed by atoms with Gasteiger partial charge < -0.3 is 10.1 Å². The van der Waals surface area contributed by atoms with Crippen LogP contribution in [0.5, 0.6) is 11.5 Å². The first-order valence-electron chi connectivity index (χ1n) is 7.69. The Labute approximate surface area is 142 Å². The fourth-order valence-corrected chi connectivity index (χ4v) is 3.08. The summed E-state index contributed by atoms with van der Waals surface area (Å²) in [5, 5.41) is 3.32. The van der Waals surface area contributed by atoms with Crippen LogP contribution in [0.15, 0.2) is 47.6 Å². The van der Waals surface area contributed by atoms with E-state index in [0.717, 1.165) is 24.9 Å². The average molecular weight is 342 g/mol. The van der Waals surface area contributed by atoms with E-state index >= 15 is 0 Å². The highest BCUT2D eigenvalue weighted by atomic mass is 32.2. The van der Waals surface area contributed by atoms with Crippen molar-refractivity contribution in [2.75, 3.05) is 12.8 Å². The average Bonchev–Trinajstić information content (AvgIpc) is 3.06. The molecule has 1 aromatic carbocycles. The lowest BCUT2D eigenvalue weighted by molar-refractivity contribution is 0.478. The molecule has 0 saturated carbocycles. The minimum absolute atomic E-state index is 0.219. The Kier molecular flexibility index (Phi) is 4.84. The predicted molar refractivity (Wildman–Crippen MR) is 91.8 cm³/mol. The molecule has 1 N–H and O–H groups in total. The number of hydrogen-bond donors (Lipinski definition) is 1. The minimum atomic E-state index is -3.27. The fraction of sp³-hybridized carbons (Fsp3) is 0.278. The summed E-state index contributed by atoms with van der Waals surface area (Å²) in [6.07, 6.45) is 6.64. The number of benzene rings is 1. The molecule has 1 aromatic heterocycles. The number of pyridine rings is 1. The van der Waals surface area contributed by atoms with Gasteiger partial charge in [-0.3, -0.25) is 4.98 Å². The summed E-state index contributed by atoms with van der Waals surface area (Å²) < 4.78 is 28.9. The van der Waals surface area contributed by atoms with Gasteiger partial charge in [-0.15, -0.1) is 0 Å². The molecule has 1 aliphatic heterocycles. The number of nitrogens with zero attached hydrogens (tertiary/aromatic N) is 1. The molecule has 2 heterocycles. The zero-order chi connectivity index (χ0) is 17.0. The summed E-state index contributed by atoms with van der Waals surface area (Å²) in [7, 11) is -3.27. The number of aromatic nitrogens is 1. The van der Waals surface area contributed by atoms with Crippen LogP contribution in [0, 0.1) is 11.8 Å². The van der Waals surface area contributed by atoms with Crippen molar-refractivity contribution in [3.8, 4) is 23.3 Å². The van der Waals surface area contributed by atoms with Crippen LogP contribution in [0.2, 0.25) is 0 Å². The minimum Gasteiger partial charge on any atom is -0.456 e. The third-order valence-electron chi connectivity index (χ3n) is 3.63. The van der Waals surface area contributed by atoms with Crippen LogP contribution >= 0.6 is 0 Å². The van der Waals surface area contributed by atoms with Gasteiger partial charge >= 0.3 is 0 Å². The smallest absolute Gasteiger partial charge is 0.175 e. The molecule has 0 radical (unpaired) electrons. The fourth-order valence-electron chi connectivity index (χ4n) is 2.43. The Hall–Kier alpha value is -2.36. The molecule has 0 bridgehead atoms. The molecule has 1 saturated heterocycles. The van der Waals surface area contributed by atoms with Crippen molar-refractivity contribution in [3.63, 3.8) is 0 Å². The third kappa shape index (κ3) is 4.34. The van der Waals surface area contributed by atoms with E-state index in [-0.39, 0.29) is 10.9 Å². The van der Waals surface area contributed by atoms with Crippen molar-refractivity contribution >= 4 is 9.84 Å². The molecule has 1 fully saturated rings. The van der Waals surface area contributed by atoms with Crippen LogP contribution in [-0.2, 0) is 9.84 Å². The van der Waals surface area contributed by atoms with Crippen molar-refractivity contribution in [2.24, 2.45) is 0 Å². The van der Waals surface area contributed by atoms with Gasteiger partial charge in [0, 0.05) is 18.0 Å². The van der Waals surface area contributed by atoms with E-state index in [9.17, 15) is 8.42 Å². The lowest BCUT2D eigenvalue weighted by Crippen LogP contribution is -2.18. The van der Waals surface area contributed by atoms with Crippen molar-refractivity contribution in [1.29, 1.82) is 0 Å². The summed E-state index contributed by atoms with van der Waals surface area (Å²) in [5.74, 6) is 7.25. The van der Waals surface area contributed by atoms with Crippen molar-refractivity contribution in [2.45, 2.75) is 23.8 Å². The molecule has 3 rings (SSSR count). The lowest BCUT2D eigenvalue weighted by atomic mass is 10.2. The van der Waals surface area contributed by atoms with E-state index in [0.29, 0.717) is 11.5 Å². The van der Waals surface area contributed by atoms with E-state index in [1.807, 2.05) is 0 Å². The summed E-state index contributed by atoms with van der Waals surface area (Å²) >= 11 is 0. The molecule has 1 atom stereocenters. The van der Waals surface area contributed by atoms with Gasteiger partial charge in [-0.25, -0.2) is 8.42 Å². The topological polar surface area (TPSA) is 68.3 Å². The zero-order valence-electron chi connectivity index (χ0n) is 13.3. The van der Waals surface area contributed by atoms with Crippen molar-refractivity contribution < 1.29 is 13.2 Å². The van der Waals surface area contributed by atoms with Crippen LogP contribution in [0.3, 0.4) is 0 Å². The Balaban J connectivity index is 1.77. The molecular weight excluding hydrogens is 324 g/mol. The summed E-state index contributed by atoms with van der Waals surface area (Å²) in [5.41, 5.74) is 0.764. The number of nitrogens with one attached hydrogen (secondary N) is 1. The Bertz CT molecular complexity index is 892. The number of rotatable bonds is 3. The second-order valence-electron chi connectivity index (χ2n) is 5.68. The van der Waals surface area contributed by atoms with Crippen LogP contribution in [0.25, 0.3) is 0 Å². The highest BCUT2D eigenvalue weighted by Crippen LogP contribution is 2.24. The third-order valence-corrected chi connectivity index (χ3v) is 4.74. The Morgan fingerprint density at radius 3 is 2.88 bits per heavy atom. The van der Waals surface area contributed by atoms with Crippen molar-refractivity contribution in [1.82, 2.24) is 10.3 Å². The standard InChI is InChI=1S/C18H18N2O3S/c1-24(21,22)18-6-2-5-16(11-18)23-17-10-14(12-19-13-17)7-8-15-4-3-9-20-15/h2,5-6,10-13,15,20H,3-4,9H2,1H3/t15-/m0/s1. The maximum Gasteiger partial charge on any atom is 0.175 e. The van der Waals surface area contributed by atoms with Crippen LogP contribution in [0.4, 0.5) is 0 Å². The second-order valence-corrected chi connectivity index (χ2v) is 7.69. The molecule has 2 aromatic rings. The second kappa shape index (κ2) is 7.04. The largest absolute Gasteiger partial charge is 0.456 e. The van der Waals surface area contributed by atoms with E-state index in [4.69, 9.17) is 4.74 Å². The first kappa shape index (κ1) is 16.5. The van der Waals surface area contributed by atoms with Crippen LogP contribution in [0.1, 0.15) is 18.4 Å².